The lowest BCUT2D eigenvalue weighted by Gasteiger charge is -2.37. The third-order valence-electron chi connectivity index (χ3n) is 7.08. The second-order valence-corrected chi connectivity index (χ2v) is 9.01. The van der Waals surface area contributed by atoms with Crippen LogP contribution in [0.5, 0.6) is 0 Å². The van der Waals surface area contributed by atoms with Gasteiger partial charge >= 0.3 is 0 Å². The van der Waals surface area contributed by atoms with E-state index >= 15 is 0 Å². The van der Waals surface area contributed by atoms with Gasteiger partial charge in [-0.25, -0.2) is 8.78 Å². The highest BCUT2D eigenvalue weighted by Gasteiger charge is 2.30. The van der Waals surface area contributed by atoms with Crippen LogP contribution in [0.4, 0.5) is 8.78 Å². The van der Waals surface area contributed by atoms with Crippen LogP contribution in [0.1, 0.15) is 68.9 Å². The average Bonchev–Trinajstić information content (AvgIpc) is 2.72. The molecule has 28 heavy (non-hydrogen) atoms. The normalized spacial score (nSPS) is 28.7. The summed E-state index contributed by atoms with van der Waals surface area (Å²) in [5.74, 6) is 1.62. The maximum Gasteiger partial charge on any atom is 0.164 e. The summed E-state index contributed by atoms with van der Waals surface area (Å²) in [6.07, 6.45) is 14.0. The molecule has 0 N–H and O–H groups in total. The largest absolute Gasteiger partial charge is 0.380 e. The van der Waals surface area contributed by atoms with Gasteiger partial charge < -0.3 is 4.74 Å². The molecule has 0 unspecified atom stereocenters. The van der Waals surface area contributed by atoms with Gasteiger partial charge in [0, 0.05) is 18.2 Å². The second kappa shape index (κ2) is 10.7. The molecule has 2 fully saturated rings. The molecule has 4 heteroatoms. The SMILES string of the molecule is COCc1ccc(CCC2CCC(C3CCC(C=CCl)CC3)CC2)c(F)c1F. The standard InChI is InChI=1S/C24H33ClF2O/c1-28-16-22-13-12-21(23(26)24(22)27)11-6-17-2-7-19(8-3-17)20-9-4-18(5-10-20)14-15-25/h12-15,17-20H,2-11,16H2,1H3. The van der Waals surface area contributed by atoms with Crippen molar-refractivity contribution in [3.05, 3.63) is 46.5 Å². The Morgan fingerprint density at radius 1 is 0.929 bits per heavy atom. The molecule has 1 aromatic carbocycles. The van der Waals surface area contributed by atoms with E-state index in [9.17, 15) is 8.78 Å². The van der Waals surface area contributed by atoms with Gasteiger partial charge in [0.25, 0.3) is 0 Å². The molecule has 2 aliphatic rings. The van der Waals surface area contributed by atoms with E-state index < -0.39 is 11.6 Å². The van der Waals surface area contributed by atoms with Gasteiger partial charge in [0.1, 0.15) is 0 Å². The van der Waals surface area contributed by atoms with E-state index in [2.05, 4.69) is 6.08 Å². The molecule has 2 aliphatic carbocycles. The molecule has 0 aliphatic heterocycles. The van der Waals surface area contributed by atoms with Gasteiger partial charge in [0.15, 0.2) is 11.6 Å². The second-order valence-electron chi connectivity index (χ2n) is 8.76. The summed E-state index contributed by atoms with van der Waals surface area (Å²) >= 11 is 5.72. The molecule has 0 heterocycles. The number of rotatable bonds is 7. The molecule has 1 aromatic rings. The zero-order valence-electron chi connectivity index (χ0n) is 16.9. The molecule has 0 radical (unpaired) electrons. The molecular weight excluding hydrogens is 378 g/mol. The van der Waals surface area contributed by atoms with Crippen LogP contribution in [0.3, 0.4) is 0 Å². The molecule has 2 saturated carbocycles. The molecule has 0 bridgehead atoms. The van der Waals surface area contributed by atoms with Crippen molar-refractivity contribution >= 4 is 11.6 Å². The van der Waals surface area contributed by atoms with Crippen LogP contribution in [0.15, 0.2) is 23.7 Å². The Morgan fingerprint density at radius 2 is 1.50 bits per heavy atom. The van der Waals surface area contributed by atoms with Crippen molar-refractivity contribution in [3.8, 4) is 0 Å². The molecule has 0 spiro atoms. The van der Waals surface area contributed by atoms with Crippen LogP contribution < -0.4 is 0 Å². The van der Waals surface area contributed by atoms with E-state index in [0.717, 1.165) is 18.3 Å². The number of ether oxygens (including phenoxy) is 1. The zero-order valence-corrected chi connectivity index (χ0v) is 17.7. The summed E-state index contributed by atoms with van der Waals surface area (Å²) in [5, 5.41) is 0. The first-order valence-electron chi connectivity index (χ1n) is 10.8. The van der Waals surface area contributed by atoms with Crippen molar-refractivity contribution in [1.29, 1.82) is 0 Å². The summed E-state index contributed by atoms with van der Waals surface area (Å²) in [5.41, 5.74) is 2.47. The highest BCUT2D eigenvalue weighted by atomic mass is 35.5. The highest BCUT2D eigenvalue weighted by Crippen LogP contribution is 2.42. The third-order valence-corrected chi connectivity index (χ3v) is 7.23. The number of aryl methyl sites for hydroxylation is 1. The van der Waals surface area contributed by atoms with E-state index in [1.54, 1.807) is 17.7 Å². The molecular formula is C24H33ClF2O. The minimum Gasteiger partial charge on any atom is -0.380 e. The summed E-state index contributed by atoms with van der Waals surface area (Å²) < 4.78 is 33.3. The summed E-state index contributed by atoms with van der Waals surface area (Å²) in [6, 6.07) is 3.38. The highest BCUT2D eigenvalue weighted by molar-refractivity contribution is 6.25. The number of halogens is 3. The van der Waals surface area contributed by atoms with E-state index in [0.29, 0.717) is 29.4 Å². The van der Waals surface area contributed by atoms with Crippen molar-refractivity contribution in [3.63, 3.8) is 0 Å². The van der Waals surface area contributed by atoms with Crippen LogP contribution in [-0.2, 0) is 17.8 Å². The third kappa shape index (κ3) is 5.57. The smallest absolute Gasteiger partial charge is 0.164 e. The first kappa shape index (κ1) is 21.8. The van der Waals surface area contributed by atoms with Crippen LogP contribution in [0.25, 0.3) is 0 Å². The van der Waals surface area contributed by atoms with Gasteiger partial charge in [-0.15, -0.1) is 0 Å². The zero-order chi connectivity index (χ0) is 19.9. The fraction of sp³-hybridized carbons (Fsp3) is 0.667. The van der Waals surface area contributed by atoms with Gasteiger partial charge in [-0.3, -0.25) is 0 Å². The Morgan fingerprint density at radius 3 is 2.11 bits per heavy atom. The minimum atomic E-state index is -0.748. The van der Waals surface area contributed by atoms with Crippen molar-refractivity contribution in [1.82, 2.24) is 0 Å². The fourth-order valence-corrected chi connectivity index (χ4v) is 5.51. The quantitative estimate of drug-likeness (QED) is 0.454. The van der Waals surface area contributed by atoms with Crippen molar-refractivity contribution < 1.29 is 13.5 Å². The molecule has 3 rings (SSSR count). The first-order valence-corrected chi connectivity index (χ1v) is 11.3. The van der Waals surface area contributed by atoms with Crippen LogP contribution >= 0.6 is 11.6 Å². The Hall–Kier alpha value is -0.930. The summed E-state index contributed by atoms with van der Waals surface area (Å²) in [6.45, 7) is 0.108. The van der Waals surface area contributed by atoms with Crippen molar-refractivity contribution in [2.24, 2.45) is 23.7 Å². The maximum absolute atomic E-state index is 14.3. The molecule has 156 valence electrons. The Bertz CT molecular complexity index is 644. The predicted molar refractivity (Wildman–Crippen MR) is 111 cm³/mol. The fourth-order valence-electron chi connectivity index (χ4n) is 5.31. The average molecular weight is 411 g/mol. The Labute approximate surface area is 173 Å². The molecule has 0 saturated heterocycles. The van der Waals surface area contributed by atoms with Gasteiger partial charge in [-0.2, -0.15) is 0 Å². The summed E-state index contributed by atoms with van der Waals surface area (Å²) in [4.78, 5) is 0. The van der Waals surface area contributed by atoms with Crippen LogP contribution in [-0.4, -0.2) is 7.11 Å². The lowest BCUT2D eigenvalue weighted by molar-refractivity contribution is 0.152. The van der Waals surface area contributed by atoms with Gasteiger partial charge in [0.2, 0.25) is 0 Å². The number of allylic oxidation sites excluding steroid dienone is 1. The molecule has 0 amide bonds. The first-order chi connectivity index (χ1) is 13.6. The van der Waals surface area contributed by atoms with Crippen molar-refractivity contribution in [2.45, 2.75) is 70.8 Å². The van der Waals surface area contributed by atoms with Crippen molar-refractivity contribution in [2.75, 3.05) is 7.11 Å². The molecule has 0 atom stereocenters. The predicted octanol–water partition coefficient (Wildman–Crippen LogP) is 7.41. The maximum atomic E-state index is 14.3. The lowest BCUT2D eigenvalue weighted by atomic mass is 9.68. The van der Waals surface area contributed by atoms with Gasteiger partial charge in [-0.1, -0.05) is 42.7 Å². The number of benzene rings is 1. The summed E-state index contributed by atoms with van der Waals surface area (Å²) in [7, 11) is 1.49. The Balaban J connectivity index is 1.43. The van der Waals surface area contributed by atoms with Gasteiger partial charge in [-0.05, 0) is 80.6 Å². The topological polar surface area (TPSA) is 9.23 Å². The van der Waals surface area contributed by atoms with Crippen LogP contribution in [0.2, 0.25) is 0 Å². The number of hydrogen-bond donors (Lipinski definition) is 0. The number of hydrogen-bond acceptors (Lipinski definition) is 1. The van der Waals surface area contributed by atoms with E-state index in [1.807, 2.05) is 0 Å². The van der Waals surface area contributed by atoms with Gasteiger partial charge in [0.05, 0.1) is 6.61 Å². The van der Waals surface area contributed by atoms with E-state index in [-0.39, 0.29) is 6.61 Å². The van der Waals surface area contributed by atoms with E-state index in [4.69, 9.17) is 16.3 Å². The molecule has 1 nitrogen and oxygen atoms in total. The minimum absolute atomic E-state index is 0.108. The van der Waals surface area contributed by atoms with E-state index in [1.165, 1.54) is 58.5 Å². The monoisotopic (exact) mass is 410 g/mol. The lowest BCUT2D eigenvalue weighted by Crippen LogP contribution is -2.25. The number of methoxy groups -OCH3 is 1. The molecule has 0 aromatic heterocycles. The Kier molecular flexibility index (Phi) is 8.35. The van der Waals surface area contributed by atoms with Crippen LogP contribution in [0, 0.1) is 35.3 Å².